The lowest BCUT2D eigenvalue weighted by Gasteiger charge is -2.26. The van der Waals surface area contributed by atoms with Gasteiger partial charge in [0, 0.05) is 6.42 Å². The first-order valence-corrected chi connectivity index (χ1v) is 10.4. The highest BCUT2D eigenvalue weighted by atomic mass is 32.2. The molecule has 1 amide bonds. The number of esters is 1. The Bertz CT molecular complexity index is 883. The summed E-state index contributed by atoms with van der Waals surface area (Å²) in [4.78, 5) is 24.2. The lowest BCUT2D eigenvalue weighted by atomic mass is 10.1. The van der Waals surface area contributed by atoms with E-state index in [-0.39, 0.29) is 6.61 Å². The molecule has 0 fully saturated rings. The smallest absolute Gasteiger partial charge is 0.458 e. The van der Waals surface area contributed by atoms with Crippen LogP contribution in [0, 0.1) is 0 Å². The summed E-state index contributed by atoms with van der Waals surface area (Å²) in [6, 6.07) is 6.12. The first-order chi connectivity index (χ1) is 14.4. The molecule has 0 aliphatic rings. The summed E-state index contributed by atoms with van der Waals surface area (Å²) in [6.45, 7) is 1.75. The number of hydrogen-bond acceptors (Lipinski definition) is 7. The molecule has 0 spiro atoms. The summed E-state index contributed by atoms with van der Waals surface area (Å²) in [5.74, 6) is -5.61. The van der Waals surface area contributed by atoms with Crippen LogP contribution in [-0.2, 0) is 35.2 Å². The van der Waals surface area contributed by atoms with E-state index in [1.807, 2.05) is 5.32 Å². The van der Waals surface area contributed by atoms with E-state index in [9.17, 15) is 40.0 Å². The Morgan fingerprint density at radius 1 is 1.03 bits per heavy atom. The van der Waals surface area contributed by atoms with E-state index in [0.29, 0.717) is 5.56 Å². The predicted octanol–water partition coefficient (Wildman–Crippen LogP) is 3.51. The van der Waals surface area contributed by atoms with Gasteiger partial charge < -0.3 is 14.8 Å². The number of carbonyl (C=O) groups excluding carboxylic acids is 2. The zero-order valence-electron chi connectivity index (χ0n) is 17.2. The maximum atomic E-state index is 14.1. The number of rotatable bonds is 9. The zero-order valence-corrected chi connectivity index (χ0v) is 18.1. The van der Waals surface area contributed by atoms with Crippen molar-refractivity contribution in [3.63, 3.8) is 0 Å². The average Bonchev–Trinajstić information content (AvgIpc) is 2.63. The molecule has 0 saturated heterocycles. The Balaban J connectivity index is 2.88. The molecule has 32 heavy (non-hydrogen) atoms. The standard InChI is InChI=1S/C18H22F5NO7S/c1-16(2,3)31-14(25)13(24-15(26)29-10-12-7-5-4-6-8-12)9-17(19,20)11-30-32(27,28)18(21,22)23/h4-8,13H,9-11H2,1-3H3,(H,24,26). The Morgan fingerprint density at radius 2 is 1.59 bits per heavy atom. The van der Waals surface area contributed by atoms with E-state index < -0.39 is 58.3 Å². The minimum Gasteiger partial charge on any atom is -0.458 e. The van der Waals surface area contributed by atoms with E-state index in [2.05, 4.69) is 4.18 Å². The molecular formula is C18H22F5NO7S. The molecule has 1 rings (SSSR count). The van der Waals surface area contributed by atoms with Gasteiger partial charge in [-0.3, -0.25) is 4.18 Å². The number of ether oxygens (including phenoxy) is 2. The summed E-state index contributed by atoms with van der Waals surface area (Å²) in [5, 5.41) is 1.85. The molecular weight excluding hydrogens is 469 g/mol. The van der Waals surface area contributed by atoms with Crippen LogP contribution in [0.25, 0.3) is 0 Å². The molecule has 182 valence electrons. The van der Waals surface area contributed by atoms with Crippen molar-refractivity contribution in [3.8, 4) is 0 Å². The highest BCUT2D eigenvalue weighted by molar-refractivity contribution is 7.87. The van der Waals surface area contributed by atoms with Crippen LogP contribution in [0.4, 0.5) is 26.7 Å². The van der Waals surface area contributed by atoms with Crippen LogP contribution in [0.15, 0.2) is 30.3 Å². The second-order valence-corrected chi connectivity index (χ2v) is 9.12. The fourth-order valence-electron chi connectivity index (χ4n) is 2.06. The monoisotopic (exact) mass is 491 g/mol. The topological polar surface area (TPSA) is 108 Å². The zero-order chi connectivity index (χ0) is 24.8. The van der Waals surface area contributed by atoms with Crippen LogP contribution >= 0.6 is 0 Å². The predicted molar refractivity (Wildman–Crippen MR) is 99.9 cm³/mol. The largest absolute Gasteiger partial charge is 0.523 e. The SMILES string of the molecule is CC(C)(C)OC(=O)C(CC(F)(F)COS(=O)(=O)C(F)(F)F)NC(=O)OCc1ccccc1. The Kier molecular flexibility index (Phi) is 8.98. The van der Waals surface area contributed by atoms with Crippen molar-refractivity contribution < 1.29 is 53.6 Å². The number of carbonyl (C=O) groups is 2. The fourth-order valence-corrected chi connectivity index (χ4v) is 2.52. The third-order valence-electron chi connectivity index (χ3n) is 3.41. The quantitative estimate of drug-likeness (QED) is 0.244. The van der Waals surface area contributed by atoms with Gasteiger partial charge in [-0.05, 0) is 26.3 Å². The van der Waals surface area contributed by atoms with Gasteiger partial charge in [-0.25, -0.2) is 18.4 Å². The molecule has 1 aromatic carbocycles. The molecule has 14 heteroatoms. The van der Waals surface area contributed by atoms with Crippen LogP contribution in [0.1, 0.15) is 32.8 Å². The molecule has 1 unspecified atom stereocenters. The third-order valence-corrected chi connectivity index (χ3v) is 4.40. The summed E-state index contributed by atoms with van der Waals surface area (Å²) in [5.41, 5.74) is -6.52. The second-order valence-electron chi connectivity index (χ2n) is 7.51. The van der Waals surface area contributed by atoms with Crippen molar-refractivity contribution >= 4 is 22.2 Å². The Hall–Kier alpha value is -2.48. The molecule has 0 aliphatic heterocycles. The molecule has 0 bridgehead atoms. The van der Waals surface area contributed by atoms with Crippen molar-refractivity contribution in [2.45, 2.75) is 56.9 Å². The molecule has 8 nitrogen and oxygen atoms in total. The number of alkyl halides is 5. The number of halogens is 5. The van der Waals surface area contributed by atoms with E-state index in [4.69, 9.17) is 9.47 Å². The van der Waals surface area contributed by atoms with Crippen molar-refractivity contribution in [2.75, 3.05) is 6.61 Å². The maximum absolute atomic E-state index is 14.1. The van der Waals surface area contributed by atoms with Gasteiger partial charge in [-0.2, -0.15) is 21.6 Å². The van der Waals surface area contributed by atoms with Gasteiger partial charge in [-0.15, -0.1) is 0 Å². The molecule has 1 atom stereocenters. The van der Waals surface area contributed by atoms with Crippen molar-refractivity contribution in [1.29, 1.82) is 0 Å². The third kappa shape index (κ3) is 9.77. The number of amides is 1. The lowest BCUT2D eigenvalue weighted by molar-refractivity contribution is -0.161. The van der Waals surface area contributed by atoms with Gasteiger partial charge in [0.1, 0.15) is 24.9 Å². The van der Waals surface area contributed by atoms with Crippen LogP contribution < -0.4 is 5.32 Å². The molecule has 0 radical (unpaired) electrons. The Morgan fingerprint density at radius 3 is 2.09 bits per heavy atom. The molecule has 0 aromatic heterocycles. The van der Waals surface area contributed by atoms with Gasteiger partial charge in [0.2, 0.25) is 0 Å². The van der Waals surface area contributed by atoms with E-state index in [0.717, 1.165) is 0 Å². The first kappa shape index (κ1) is 27.6. The lowest BCUT2D eigenvalue weighted by Crippen LogP contribution is -2.48. The van der Waals surface area contributed by atoms with E-state index in [1.54, 1.807) is 30.3 Å². The van der Waals surface area contributed by atoms with Crippen LogP contribution in [0.2, 0.25) is 0 Å². The van der Waals surface area contributed by atoms with Gasteiger partial charge >= 0.3 is 27.7 Å². The highest BCUT2D eigenvalue weighted by Gasteiger charge is 2.49. The van der Waals surface area contributed by atoms with E-state index >= 15 is 0 Å². The van der Waals surface area contributed by atoms with E-state index in [1.165, 1.54) is 20.8 Å². The van der Waals surface area contributed by atoms with Crippen LogP contribution in [0.3, 0.4) is 0 Å². The number of hydrogen-bond donors (Lipinski definition) is 1. The van der Waals surface area contributed by atoms with Gasteiger partial charge in [0.15, 0.2) is 0 Å². The second kappa shape index (κ2) is 10.4. The van der Waals surface area contributed by atoms with Crippen molar-refractivity contribution in [1.82, 2.24) is 5.32 Å². The highest BCUT2D eigenvalue weighted by Crippen LogP contribution is 2.29. The molecule has 0 heterocycles. The van der Waals surface area contributed by atoms with Crippen LogP contribution in [0.5, 0.6) is 0 Å². The summed E-state index contributed by atoms with van der Waals surface area (Å²) in [6.07, 6.45) is -2.90. The summed E-state index contributed by atoms with van der Waals surface area (Å²) >= 11 is 0. The van der Waals surface area contributed by atoms with Crippen molar-refractivity contribution in [3.05, 3.63) is 35.9 Å². The minimum atomic E-state index is -6.29. The summed E-state index contributed by atoms with van der Waals surface area (Å²) in [7, 11) is -6.29. The normalized spacial score (nSPS) is 13.9. The number of alkyl carbamates (subject to hydrolysis) is 1. The molecule has 1 aromatic rings. The number of benzene rings is 1. The molecule has 1 N–H and O–H groups in total. The minimum absolute atomic E-state index is 0.267. The van der Waals surface area contributed by atoms with Gasteiger partial charge in [0.25, 0.3) is 5.92 Å². The first-order valence-electron chi connectivity index (χ1n) is 8.95. The van der Waals surface area contributed by atoms with Gasteiger partial charge in [0.05, 0.1) is 0 Å². The maximum Gasteiger partial charge on any atom is 0.523 e. The average molecular weight is 491 g/mol. The van der Waals surface area contributed by atoms with Crippen LogP contribution in [-0.4, -0.2) is 50.2 Å². The molecule has 0 aliphatic carbocycles. The molecule has 0 saturated carbocycles. The fraction of sp³-hybridized carbons (Fsp3) is 0.556. The summed E-state index contributed by atoms with van der Waals surface area (Å²) < 4.78 is 99.9. The van der Waals surface area contributed by atoms with Crippen molar-refractivity contribution in [2.24, 2.45) is 0 Å². The number of nitrogens with one attached hydrogen (secondary N) is 1. The van der Waals surface area contributed by atoms with Gasteiger partial charge in [-0.1, -0.05) is 30.3 Å². The Labute approximate surface area is 181 Å².